The Morgan fingerprint density at radius 2 is 2.05 bits per heavy atom. The van der Waals surface area contributed by atoms with E-state index in [1.54, 1.807) is 25.4 Å². The van der Waals surface area contributed by atoms with Crippen LogP contribution in [0.3, 0.4) is 0 Å². The molecule has 192 valence electrons. The standard InChI is InChI=1S/C28H30N4O4S/c1-3-35-23-9-5-4-8-20(23)12-14-26(33)31-27-22(17-29)21-13-11-19(16-24(21)37-27)18-36-28(34)32(2)25-10-6-7-15-30-25/h4-10,15,19H,3,11-14,16,18H2,1-2H3,(H,31,33). The Labute approximate surface area is 220 Å². The lowest BCUT2D eigenvalue weighted by Gasteiger charge is -2.23. The Morgan fingerprint density at radius 3 is 2.81 bits per heavy atom. The smallest absolute Gasteiger partial charge is 0.415 e. The van der Waals surface area contributed by atoms with Gasteiger partial charge in [-0.3, -0.25) is 9.69 Å². The number of rotatable bonds is 9. The zero-order valence-corrected chi connectivity index (χ0v) is 21.8. The number of carbonyl (C=O) groups is 2. The van der Waals surface area contributed by atoms with E-state index in [-0.39, 0.29) is 18.4 Å². The lowest BCUT2D eigenvalue weighted by Crippen LogP contribution is -2.30. The number of hydrogen-bond donors (Lipinski definition) is 1. The minimum atomic E-state index is -0.452. The third-order valence-electron chi connectivity index (χ3n) is 6.34. The van der Waals surface area contributed by atoms with Crippen molar-refractivity contribution in [3.8, 4) is 11.8 Å². The summed E-state index contributed by atoms with van der Waals surface area (Å²) in [6.07, 6.45) is 4.24. The maximum absolute atomic E-state index is 12.7. The quantitative estimate of drug-likeness (QED) is 0.409. The van der Waals surface area contributed by atoms with Crippen molar-refractivity contribution in [3.05, 3.63) is 70.2 Å². The highest BCUT2D eigenvalue weighted by Crippen LogP contribution is 2.39. The molecule has 0 spiro atoms. The number of fused-ring (bicyclic) bond motifs is 1. The van der Waals surface area contributed by atoms with Gasteiger partial charge in [-0.25, -0.2) is 9.78 Å². The van der Waals surface area contributed by atoms with Crippen LogP contribution in [0.5, 0.6) is 5.75 Å². The largest absolute Gasteiger partial charge is 0.494 e. The van der Waals surface area contributed by atoms with Gasteiger partial charge in [0, 0.05) is 24.5 Å². The van der Waals surface area contributed by atoms with Crippen molar-refractivity contribution in [1.82, 2.24) is 4.98 Å². The third-order valence-corrected chi connectivity index (χ3v) is 7.51. The van der Waals surface area contributed by atoms with Crippen molar-refractivity contribution in [3.63, 3.8) is 0 Å². The van der Waals surface area contributed by atoms with Gasteiger partial charge < -0.3 is 14.8 Å². The maximum atomic E-state index is 12.7. The topological polar surface area (TPSA) is 105 Å². The van der Waals surface area contributed by atoms with E-state index in [9.17, 15) is 14.9 Å². The number of thiophene rings is 1. The van der Waals surface area contributed by atoms with E-state index in [4.69, 9.17) is 9.47 Å². The van der Waals surface area contributed by atoms with Crippen LogP contribution in [-0.4, -0.2) is 37.2 Å². The fourth-order valence-electron chi connectivity index (χ4n) is 4.38. The van der Waals surface area contributed by atoms with Gasteiger partial charge in [0.1, 0.15) is 22.6 Å². The number of nitrogens with one attached hydrogen (secondary N) is 1. The Hall–Kier alpha value is -3.90. The van der Waals surface area contributed by atoms with Gasteiger partial charge in [-0.1, -0.05) is 24.3 Å². The molecule has 1 N–H and O–H groups in total. The molecule has 1 unspecified atom stereocenters. The van der Waals surface area contributed by atoms with E-state index < -0.39 is 6.09 Å². The molecule has 37 heavy (non-hydrogen) atoms. The fourth-order valence-corrected chi connectivity index (χ4v) is 5.71. The van der Waals surface area contributed by atoms with Crippen LogP contribution >= 0.6 is 11.3 Å². The number of amides is 2. The minimum absolute atomic E-state index is 0.135. The molecule has 2 heterocycles. The molecule has 1 atom stereocenters. The summed E-state index contributed by atoms with van der Waals surface area (Å²) >= 11 is 1.45. The van der Waals surface area contributed by atoms with Crippen molar-refractivity contribution in [2.45, 2.75) is 39.0 Å². The zero-order valence-electron chi connectivity index (χ0n) is 21.0. The van der Waals surface area contributed by atoms with Crippen molar-refractivity contribution in [2.24, 2.45) is 5.92 Å². The van der Waals surface area contributed by atoms with E-state index in [0.29, 0.717) is 48.7 Å². The van der Waals surface area contributed by atoms with Crippen molar-refractivity contribution in [2.75, 3.05) is 30.5 Å². The molecule has 0 aliphatic heterocycles. The Morgan fingerprint density at radius 1 is 1.24 bits per heavy atom. The maximum Gasteiger partial charge on any atom is 0.415 e. The molecule has 0 radical (unpaired) electrons. The summed E-state index contributed by atoms with van der Waals surface area (Å²) in [5.41, 5.74) is 2.53. The second-order valence-corrected chi connectivity index (χ2v) is 9.95. The van der Waals surface area contributed by atoms with Crippen LogP contribution in [0.1, 0.15) is 41.3 Å². The first kappa shape index (κ1) is 26.2. The van der Waals surface area contributed by atoms with Gasteiger partial charge >= 0.3 is 6.09 Å². The summed E-state index contributed by atoms with van der Waals surface area (Å²) < 4.78 is 11.2. The van der Waals surface area contributed by atoms with Gasteiger partial charge in [0.05, 0.1) is 18.8 Å². The highest BCUT2D eigenvalue weighted by molar-refractivity contribution is 7.16. The normalized spacial score (nSPS) is 14.2. The zero-order chi connectivity index (χ0) is 26.2. The molecule has 0 fully saturated rings. The van der Waals surface area contributed by atoms with Gasteiger partial charge in [0.25, 0.3) is 0 Å². The van der Waals surface area contributed by atoms with E-state index in [1.807, 2.05) is 37.3 Å². The van der Waals surface area contributed by atoms with Gasteiger partial charge in [-0.2, -0.15) is 5.26 Å². The number of anilines is 2. The van der Waals surface area contributed by atoms with Gasteiger partial charge in [-0.05, 0) is 67.9 Å². The molecule has 0 saturated heterocycles. The van der Waals surface area contributed by atoms with Crippen LogP contribution in [0.4, 0.5) is 15.6 Å². The second-order valence-electron chi connectivity index (χ2n) is 8.84. The highest BCUT2D eigenvalue weighted by Gasteiger charge is 2.28. The molecule has 1 aromatic carbocycles. The van der Waals surface area contributed by atoms with Crippen LogP contribution in [0.2, 0.25) is 0 Å². The molecule has 4 rings (SSSR count). The van der Waals surface area contributed by atoms with E-state index in [0.717, 1.165) is 28.2 Å². The van der Waals surface area contributed by atoms with Crippen LogP contribution in [-0.2, 0) is 28.8 Å². The summed E-state index contributed by atoms with van der Waals surface area (Å²) in [7, 11) is 1.63. The number of aromatic nitrogens is 1. The molecule has 0 saturated carbocycles. The molecule has 1 aliphatic rings. The Kier molecular flexibility index (Phi) is 8.75. The summed E-state index contributed by atoms with van der Waals surface area (Å²) in [4.78, 5) is 31.8. The van der Waals surface area contributed by atoms with Crippen molar-refractivity contribution in [1.29, 1.82) is 5.26 Å². The first-order valence-corrected chi connectivity index (χ1v) is 13.2. The Balaban J connectivity index is 1.34. The number of pyridine rings is 1. The molecular formula is C28H30N4O4S. The number of nitriles is 1. The van der Waals surface area contributed by atoms with Gasteiger partial charge in [0.15, 0.2) is 0 Å². The van der Waals surface area contributed by atoms with Crippen LogP contribution in [0.15, 0.2) is 48.7 Å². The molecule has 2 aromatic heterocycles. The predicted octanol–water partition coefficient (Wildman–Crippen LogP) is 5.36. The predicted molar refractivity (Wildman–Crippen MR) is 143 cm³/mol. The van der Waals surface area contributed by atoms with Crippen LogP contribution in [0, 0.1) is 17.2 Å². The monoisotopic (exact) mass is 518 g/mol. The Bertz CT molecular complexity index is 1290. The SMILES string of the molecule is CCOc1ccccc1CCC(=O)Nc1sc2c(c1C#N)CCC(COC(=O)N(C)c1ccccn1)C2. The van der Waals surface area contributed by atoms with Gasteiger partial charge in [0.2, 0.25) is 5.91 Å². The highest BCUT2D eigenvalue weighted by atomic mass is 32.1. The number of nitrogens with zero attached hydrogens (tertiary/aromatic N) is 3. The van der Waals surface area contributed by atoms with Crippen molar-refractivity contribution >= 4 is 34.2 Å². The number of benzene rings is 1. The summed E-state index contributed by atoms with van der Waals surface area (Å²) in [6.45, 7) is 2.79. The second kappa shape index (κ2) is 12.4. The molecule has 9 heteroatoms. The number of ether oxygens (including phenoxy) is 2. The van der Waals surface area contributed by atoms with E-state index in [1.165, 1.54) is 16.2 Å². The van der Waals surface area contributed by atoms with E-state index in [2.05, 4.69) is 16.4 Å². The molecule has 3 aromatic rings. The summed E-state index contributed by atoms with van der Waals surface area (Å²) in [5.74, 6) is 1.33. The van der Waals surface area contributed by atoms with Gasteiger partial charge in [-0.15, -0.1) is 11.3 Å². The molecule has 2 amide bonds. The first-order valence-electron chi connectivity index (χ1n) is 12.4. The molecule has 0 bridgehead atoms. The van der Waals surface area contributed by atoms with Crippen LogP contribution in [0.25, 0.3) is 0 Å². The minimum Gasteiger partial charge on any atom is -0.494 e. The number of para-hydroxylation sites is 1. The van der Waals surface area contributed by atoms with Crippen molar-refractivity contribution < 1.29 is 19.1 Å². The number of aryl methyl sites for hydroxylation is 1. The summed E-state index contributed by atoms with van der Waals surface area (Å²) in [5, 5.41) is 13.4. The average Bonchev–Trinajstić information content (AvgIpc) is 3.27. The van der Waals surface area contributed by atoms with E-state index >= 15 is 0 Å². The number of hydrogen-bond acceptors (Lipinski definition) is 7. The van der Waals surface area contributed by atoms with Crippen LogP contribution < -0.4 is 15.0 Å². The molecular weight excluding hydrogens is 488 g/mol. The lowest BCUT2D eigenvalue weighted by molar-refractivity contribution is -0.116. The number of carbonyl (C=O) groups excluding carboxylic acids is 2. The lowest BCUT2D eigenvalue weighted by atomic mass is 9.88. The third kappa shape index (κ3) is 6.46. The first-order chi connectivity index (χ1) is 18.0. The molecule has 8 nitrogen and oxygen atoms in total. The average molecular weight is 519 g/mol. The molecule has 1 aliphatic carbocycles. The summed E-state index contributed by atoms with van der Waals surface area (Å²) in [6, 6.07) is 15.3. The fraction of sp³-hybridized carbons (Fsp3) is 0.357.